The predicted octanol–water partition coefficient (Wildman–Crippen LogP) is 3.86. The summed E-state index contributed by atoms with van der Waals surface area (Å²) in [4.78, 5) is 11.4. The topological polar surface area (TPSA) is 63.9 Å². The Hall–Kier alpha value is -3.58. The summed E-state index contributed by atoms with van der Waals surface area (Å²) in [6, 6.07) is 16.8. The first kappa shape index (κ1) is 20.3. The Morgan fingerprint density at radius 3 is 2.75 bits per heavy atom. The first-order valence-corrected chi connectivity index (χ1v) is 10.8. The van der Waals surface area contributed by atoms with Crippen molar-refractivity contribution < 1.29 is 9.47 Å². The summed E-state index contributed by atoms with van der Waals surface area (Å²) < 4.78 is 13.4. The molecular formula is C25H27N5O2. The van der Waals surface area contributed by atoms with Gasteiger partial charge in [0.15, 0.2) is 11.5 Å². The molecule has 4 heterocycles. The van der Waals surface area contributed by atoms with E-state index in [4.69, 9.17) is 9.47 Å². The predicted molar refractivity (Wildman–Crippen MR) is 124 cm³/mol. The minimum Gasteiger partial charge on any atom is -0.493 e. The maximum absolute atomic E-state index is 5.77. The van der Waals surface area contributed by atoms with Crippen LogP contribution in [0.1, 0.15) is 23.7 Å². The minimum atomic E-state index is 0.112. The van der Waals surface area contributed by atoms with Crippen LogP contribution in [0.15, 0.2) is 73.3 Å². The van der Waals surface area contributed by atoms with Crippen molar-refractivity contribution in [3.8, 4) is 11.5 Å². The Labute approximate surface area is 187 Å². The number of methoxy groups -OCH3 is 2. The molecule has 2 unspecified atom stereocenters. The Bertz CT molecular complexity index is 1190. The van der Waals surface area contributed by atoms with E-state index in [0.717, 1.165) is 48.0 Å². The summed E-state index contributed by atoms with van der Waals surface area (Å²) in [5.74, 6) is 1.49. The number of para-hydroxylation sites is 1. The van der Waals surface area contributed by atoms with E-state index in [0.29, 0.717) is 0 Å². The second-order valence-corrected chi connectivity index (χ2v) is 7.90. The van der Waals surface area contributed by atoms with Crippen molar-refractivity contribution in [3.63, 3.8) is 0 Å². The molecule has 5 rings (SSSR count). The summed E-state index contributed by atoms with van der Waals surface area (Å²) in [5.41, 5.74) is 4.22. The first-order chi connectivity index (χ1) is 15.8. The van der Waals surface area contributed by atoms with Gasteiger partial charge in [-0.05, 0) is 48.4 Å². The van der Waals surface area contributed by atoms with Crippen LogP contribution in [-0.2, 0) is 6.54 Å². The number of ether oxygens (including phenoxy) is 2. The van der Waals surface area contributed by atoms with Gasteiger partial charge < -0.3 is 24.1 Å². The molecule has 1 aliphatic heterocycles. The van der Waals surface area contributed by atoms with Crippen molar-refractivity contribution >= 4 is 11.3 Å². The maximum Gasteiger partial charge on any atom is 0.184 e. The van der Waals surface area contributed by atoms with Crippen molar-refractivity contribution in [3.05, 3.63) is 84.6 Å². The number of aromatic nitrogens is 3. The van der Waals surface area contributed by atoms with Gasteiger partial charge in [0.2, 0.25) is 0 Å². The standard InChI is InChI=1S/C25H27N5O2/c1-31-22-8-5-7-21(25(22)32-2)30-14-10-20(28-17-19-6-3-4-11-26-19)24(30)18-9-13-29-15-12-27-23(29)16-18/h3-9,11-13,15-16,20,24,28H,10,14,17H2,1-2H3. The molecule has 0 bridgehead atoms. The van der Waals surface area contributed by atoms with Crippen LogP contribution in [-0.4, -0.2) is 41.2 Å². The Morgan fingerprint density at radius 2 is 1.94 bits per heavy atom. The molecule has 1 N–H and O–H groups in total. The fourth-order valence-electron chi connectivity index (χ4n) is 4.63. The Kier molecular flexibility index (Phi) is 5.64. The lowest BCUT2D eigenvalue weighted by atomic mass is 10.00. The van der Waals surface area contributed by atoms with Gasteiger partial charge in [-0.2, -0.15) is 0 Å². The van der Waals surface area contributed by atoms with Gasteiger partial charge in [-0.15, -0.1) is 0 Å². The lowest BCUT2D eigenvalue weighted by molar-refractivity contribution is 0.354. The van der Waals surface area contributed by atoms with Crippen molar-refractivity contribution in [1.29, 1.82) is 0 Å². The van der Waals surface area contributed by atoms with E-state index in [1.807, 2.05) is 47.3 Å². The molecule has 164 valence electrons. The van der Waals surface area contributed by atoms with Crippen LogP contribution >= 0.6 is 0 Å². The summed E-state index contributed by atoms with van der Waals surface area (Å²) in [6.07, 6.45) is 8.70. The zero-order chi connectivity index (χ0) is 21.9. The molecule has 1 aromatic carbocycles. The third-order valence-corrected chi connectivity index (χ3v) is 6.12. The average molecular weight is 430 g/mol. The second kappa shape index (κ2) is 8.88. The lowest BCUT2D eigenvalue weighted by Gasteiger charge is -2.32. The number of anilines is 1. The molecule has 7 nitrogen and oxygen atoms in total. The molecule has 7 heteroatoms. The molecule has 1 saturated heterocycles. The summed E-state index contributed by atoms with van der Waals surface area (Å²) in [5, 5.41) is 3.75. The molecule has 0 radical (unpaired) electrons. The van der Waals surface area contributed by atoms with Crippen LogP contribution < -0.4 is 19.7 Å². The molecule has 0 saturated carbocycles. The number of hydrogen-bond donors (Lipinski definition) is 1. The van der Waals surface area contributed by atoms with Gasteiger partial charge >= 0.3 is 0 Å². The molecule has 3 aromatic heterocycles. The number of benzene rings is 1. The van der Waals surface area contributed by atoms with Gasteiger partial charge in [-0.1, -0.05) is 12.1 Å². The molecule has 32 heavy (non-hydrogen) atoms. The number of rotatable bonds is 7. The van der Waals surface area contributed by atoms with E-state index in [9.17, 15) is 0 Å². The van der Waals surface area contributed by atoms with Crippen molar-refractivity contribution in [2.24, 2.45) is 0 Å². The number of pyridine rings is 2. The monoisotopic (exact) mass is 429 g/mol. The molecule has 4 aromatic rings. The van der Waals surface area contributed by atoms with Crippen molar-refractivity contribution in [1.82, 2.24) is 19.7 Å². The lowest BCUT2D eigenvalue weighted by Crippen LogP contribution is -2.36. The molecule has 1 aliphatic rings. The minimum absolute atomic E-state index is 0.112. The van der Waals surface area contributed by atoms with E-state index < -0.39 is 0 Å². The van der Waals surface area contributed by atoms with Gasteiger partial charge in [0.25, 0.3) is 0 Å². The number of imidazole rings is 1. The molecule has 1 fully saturated rings. The van der Waals surface area contributed by atoms with Crippen LogP contribution in [0.3, 0.4) is 0 Å². The van der Waals surface area contributed by atoms with Crippen LogP contribution in [0.2, 0.25) is 0 Å². The zero-order valence-electron chi connectivity index (χ0n) is 18.3. The largest absolute Gasteiger partial charge is 0.493 e. The molecule has 0 amide bonds. The fourth-order valence-corrected chi connectivity index (χ4v) is 4.63. The zero-order valence-corrected chi connectivity index (χ0v) is 18.3. The molecular weight excluding hydrogens is 402 g/mol. The van der Waals surface area contributed by atoms with Gasteiger partial charge in [0.1, 0.15) is 5.65 Å². The van der Waals surface area contributed by atoms with E-state index in [-0.39, 0.29) is 12.1 Å². The highest BCUT2D eigenvalue weighted by Crippen LogP contribution is 2.44. The first-order valence-electron chi connectivity index (χ1n) is 10.8. The summed E-state index contributed by atoms with van der Waals surface area (Å²) in [7, 11) is 3.37. The Morgan fingerprint density at radius 1 is 1.00 bits per heavy atom. The second-order valence-electron chi connectivity index (χ2n) is 7.90. The average Bonchev–Trinajstić information content (AvgIpc) is 3.49. The van der Waals surface area contributed by atoms with Crippen LogP contribution in [0.5, 0.6) is 11.5 Å². The van der Waals surface area contributed by atoms with Crippen molar-refractivity contribution in [2.45, 2.75) is 25.0 Å². The fraction of sp³-hybridized carbons (Fsp3) is 0.280. The van der Waals surface area contributed by atoms with Crippen LogP contribution in [0, 0.1) is 0 Å². The number of nitrogens with one attached hydrogen (secondary N) is 1. The number of hydrogen-bond acceptors (Lipinski definition) is 6. The summed E-state index contributed by atoms with van der Waals surface area (Å²) in [6.45, 7) is 1.62. The molecule has 0 spiro atoms. The van der Waals surface area contributed by atoms with Gasteiger partial charge in [0, 0.05) is 43.9 Å². The van der Waals surface area contributed by atoms with Gasteiger partial charge in [-0.3, -0.25) is 4.98 Å². The van der Waals surface area contributed by atoms with E-state index >= 15 is 0 Å². The third kappa shape index (κ3) is 3.76. The number of nitrogens with zero attached hydrogens (tertiary/aromatic N) is 4. The SMILES string of the molecule is COc1cccc(N2CCC(NCc3ccccn3)C2c2ccn3ccnc3c2)c1OC. The maximum atomic E-state index is 5.77. The smallest absolute Gasteiger partial charge is 0.184 e. The van der Waals surface area contributed by atoms with Gasteiger partial charge in [0.05, 0.1) is 31.6 Å². The highest BCUT2D eigenvalue weighted by Gasteiger charge is 2.37. The van der Waals surface area contributed by atoms with E-state index in [1.165, 1.54) is 5.56 Å². The molecule has 2 atom stereocenters. The number of fused-ring (bicyclic) bond motifs is 1. The third-order valence-electron chi connectivity index (χ3n) is 6.12. The normalized spacial score (nSPS) is 18.2. The molecule has 0 aliphatic carbocycles. The van der Waals surface area contributed by atoms with Crippen LogP contribution in [0.25, 0.3) is 5.65 Å². The van der Waals surface area contributed by atoms with Crippen molar-refractivity contribution in [2.75, 3.05) is 25.7 Å². The Balaban J connectivity index is 1.52. The highest BCUT2D eigenvalue weighted by molar-refractivity contribution is 5.67. The van der Waals surface area contributed by atoms with E-state index in [1.54, 1.807) is 14.2 Å². The van der Waals surface area contributed by atoms with Crippen LogP contribution in [0.4, 0.5) is 5.69 Å². The van der Waals surface area contributed by atoms with E-state index in [2.05, 4.69) is 50.6 Å². The summed E-state index contributed by atoms with van der Waals surface area (Å²) >= 11 is 0. The van der Waals surface area contributed by atoms with Gasteiger partial charge in [-0.25, -0.2) is 4.98 Å². The highest BCUT2D eigenvalue weighted by atomic mass is 16.5. The quantitative estimate of drug-likeness (QED) is 0.481.